The van der Waals surface area contributed by atoms with E-state index in [-0.39, 0.29) is 5.84 Å². The maximum absolute atomic E-state index is 7.66. The van der Waals surface area contributed by atoms with E-state index in [0.29, 0.717) is 10.6 Å². The van der Waals surface area contributed by atoms with E-state index >= 15 is 0 Å². The predicted molar refractivity (Wildman–Crippen MR) is 73.8 cm³/mol. The van der Waals surface area contributed by atoms with Crippen molar-refractivity contribution in [2.45, 2.75) is 20.8 Å². The largest absolute Gasteiger partial charge is 0.384 e. The van der Waals surface area contributed by atoms with Crippen LogP contribution >= 0.6 is 11.6 Å². The van der Waals surface area contributed by atoms with Crippen LogP contribution in [0.15, 0.2) is 18.2 Å². The van der Waals surface area contributed by atoms with Gasteiger partial charge in [0.25, 0.3) is 0 Å². The fourth-order valence-electron chi connectivity index (χ4n) is 1.91. The molecule has 0 bridgehead atoms. The fraction of sp³-hybridized carbons (Fsp3) is 0.231. The SMILES string of the molecule is Cc1ccc(-n2nc(C)c(Cl)c2C)c(C(=N)N)c1. The summed E-state index contributed by atoms with van der Waals surface area (Å²) in [5.74, 6) is 0.0253. The number of hydrogen-bond donors (Lipinski definition) is 2. The summed E-state index contributed by atoms with van der Waals surface area (Å²) in [4.78, 5) is 0. The molecule has 1 aromatic heterocycles. The summed E-state index contributed by atoms with van der Waals surface area (Å²) in [5, 5.41) is 12.7. The highest BCUT2D eigenvalue weighted by molar-refractivity contribution is 6.31. The molecule has 2 rings (SSSR count). The van der Waals surface area contributed by atoms with Crippen molar-refractivity contribution in [3.63, 3.8) is 0 Å². The standard InChI is InChI=1S/C13H15ClN4/c1-7-4-5-11(10(6-7)13(15)16)18-9(3)12(14)8(2)17-18/h4-6H,1-3H3,(H3,15,16). The van der Waals surface area contributed by atoms with Gasteiger partial charge in [-0.15, -0.1) is 0 Å². The first kappa shape index (κ1) is 12.6. The second kappa shape index (κ2) is 4.46. The first-order valence-corrected chi connectivity index (χ1v) is 5.96. The van der Waals surface area contributed by atoms with Gasteiger partial charge < -0.3 is 5.73 Å². The Hall–Kier alpha value is -1.81. The van der Waals surface area contributed by atoms with E-state index in [1.165, 1.54) is 0 Å². The van der Waals surface area contributed by atoms with Gasteiger partial charge in [-0.3, -0.25) is 5.41 Å². The van der Waals surface area contributed by atoms with Crippen molar-refractivity contribution in [3.05, 3.63) is 45.7 Å². The maximum atomic E-state index is 7.66. The van der Waals surface area contributed by atoms with Gasteiger partial charge in [-0.25, -0.2) is 4.68 Å². The van der Waals surface area contributed by atoms with E-state index in [1.807, 2.05) is 39.0 Å². The van der Waals surface area contributed by atoms with Crippen LogP contribution in [-0.2, 0) is 0 Å². The van der Waals surface area contributed by atoms with Gasteiger partial charge in [0.15, 0.2) is 0 Å². The molecule has 0 aliphatic rings. The highest BCUT2D eigenvalue weighted by atomic mass is 35.5. The number of aromatic nitrogens is 2. The lowest BCUT2D eigenvalue weighted by Gasteiger charge is -2.11. The first-order chi connectivity index (χ1) is 8.41. The van der Waals surface area contributed by atoms with Crippen LogP contribution in [0.25, 0.3) is 5.69 Å². The van der Waals surface area contributed by atoms with Gasteiger partial charge in [0.05, 0.1) is 22.1 Å². The summed E-state index contributed by atoms with van der Waals surface area (Å²) in [6, 6.07) is 5.75. The molecule has 5 heteroatoms. The lowest BCUT2D eigenvalue weighted by molar-refractivity contribution is 0.831. The van der Waals surface area contributed by atoms with Gasteiger partial charge in [-0.2, -0.15) is 5.10 Å². The number of nitrogens with one attached hydrogen (secondary N) is 1. The van der Waals surface area contributed by atoms with Crippen LogP contribution in [0.1, 0.15) is 22.5 Å². The Kier molecular flexibility index (Phi) is 3.13. The Bertz CT molecular complexity index is 628. The highest BCUT2D eigenvalue weighted by Crippen LogP contribution is 2.24. The van der Waals surface area contributed by atoms with Crippen LogP contribution in [-0.4, -0.2) is 15.6 Å². The summed E-state index contributed by atoms with van der Waals surface area (Å²) >= 11 is 6.14. The number of nitrogens with two attached hydrogens (primary N) is 1. The molecule has 0 amide bonds. The molecule has 0 aliphatic carbocycles. The Labute approximate surface area is 111 Å². The number of halogens is 1. The normalized spacial score (nSPS) is 10.7. The third kappa shape index (κ3) is 1.99. The zero-order chi connectivity index (χ0) is 13.4. The average Bonchev–Trinajstić information content (AvgIpc) is 2.57. The Morgan fingerprint density at radius 3 is 2.50 bits per heavy atom. The smallest absolute Gasteiger partial charge is 0.124 e. The summed E-state index contributed by atoms with van der Waals surface area (Å²) in [7, 11) is 0. The zero-order valence-electron chi connectivity index (χ0n) is 10.6. The molecule has 0 spiro atoms. The highest BCUT2D eigenvalue weighted by Gasteiger charge is 2.14. The van der Waals surface area contributed by atoms with Crippen LogP contribution in [0.4, 0.5) is 0 Å². The van der Waals surface area contributed by atoms with Crippen molar-refractivity contribution in [2.75, 3.05) is 0 Å². The van der Waals surface area contributed by atoms with Crippen LogP contribution in [0, 0.1) is 26.2 Å². The molecule has 0 aliphatic heterocycles. The Balaban J connectivity index is 2.71. The summed E-state index contributed by atoms with van der Waals surface area (Å²) < 4.78 is 1.73. The van der Waals surface area contributed by atoms with Crippen LogP contribution < -0.4 is 5.73 Å². The second-order valence-electron chi connectivity index (χ2n) is 4.33. The third-order valence-electron chi connectivity index (χ3n) is 2.87. The van der Waals surface area contributed by atoms with Crippen molar-refractivity contribution in [1.82, 2.24) is 9.78 Å². The maximum Gasteiger partial charge on any atom is 0.124 e. The molecule has 0 saturated carbocycles. The molecule has 4 nitrogen and oxygen atoms in total. The van der Waals surface area contributed by atoms with E-state index in [0.717, 1.165) is 22.6 Å². The summed E-state index contributed by atoms with van der Waals surface area (Å²) in [6.45, 7) is 5.71. The molecule has 1 aromatic carbocycles. The Morgan fingerprint density at radius 1 is 1.33 bits per heavy atom. The third-order valence-corrected chi connectivity index (χ3v) is 3.42. The monoisotopic (exact) mass is 262 g/mol. The average molecular weight is 263 g/mol. The summed E-state index contributed by atoms with van der Waals surface area (Å²) in [5.41, 5.74) is 9.74. The van der Waals surface area contributed by atoms with Crippen LogP contribution in [0.3, 0.4) is 0 Å². The molecule has 3 N–H and O–H groups in total. The number of amidine groups is 1. The zero-order valence-corrected chi connectivity index (χ0v) is 11.3. The first-order valence-electron chi connectivity index (χ1n) is 5.59. The molecular weight excluding hydrogens is 248 g/mol. The molecule has 1 heterocycles. The van der Waals surface area contributed by atoms with Crippen molar-refractivity contribution in [3.8, 4) is 5.69 Å². The molecular formula is C13H15ClN4. The topological polar surface area (TPSA) is 67.7 Å². The van der Waals surface area contributed by atoms with E-state index in [1.54, 1.807) is 4.68 Å². The molecule has 94 valence electrons. The van der Waals surface area contributed by atoms with E-state index in [4.69, 9.17) is 22.7 Å². The van der Waals surface area contributed by atoms with Gasteiger partial charge in [0.1, 0.15) is 5.84 Å². The van der Waals surface area contributed by atoms with Gasteiger partial charge >= 0.3 is 0 Å². The van der Waals surface area contributed by atoms with Crippen LogP contribution in [0.2, 0.25) is 5.02 Å². The molecule has 0 atom stereocenters. The van der Waals surface area contributed by atoms with E-state index in [2.05, 4.69) is 5.10 Å². The lowest BCUT2D eigenvalue weighted by Crippen LogP contribution is -2.16. The Morgan fingerprint density at radius 2 is 2.00 bits per heavy atom. The molecule has 2 aromatic rings. The molecule has 0 radical (unpaired) electrons. The van der Waals surface area contributed by atoms with E-state index < -0.39 is 0 Å². The number of rotatable bonds is 2. The lowest BCUT2D eigenvalue weighted by atomic mass is 10.1. The number of aryl methyl sites for hydroxylation is 2. The minimum atomic E-state index is 0.0253. The van der Waals surface area contributed by atoms with Gasteiger partial charge in [-0.05, 0) is 32.9 Å². The minimum Gasteiger partial charge on any atom is -0.384 e. The van der Waals surface area contributed by atoms with Crippen molar-refractivity contribution in [2.24, 2.45) is 5.73 Å². The van der Waals surface area contributed by atoms with Crippen molar-refractivity contribution in [1.29, 1.82) is 5.41 Å². The number of benzene rings is 1. The molecule has 0 saturated heterocycles. The number of nitrogens with zero attached hydrogens (tertiary/aromatic N) is 2. The fourth-order valence-corrected chi connectivity index (χ4v) is 2.03. The van der Waals surface area contributed by atoms with Gasteiger partial charge in [0, 0.05) is 5.56 Å². The summed E-state index contributed by atoms with van der Waals surface area (Å²) in [6.07, 6.45) is 0. The van der Waals surface area contributed by atoms with Crippen LogP contribution in [0.5, 0.6) is 0 Å². The molecule has 18 heavy (non-hydrogen) atoms. The van der Waals surface area contributed by atoms with Gasteiger partial charge in [-0.1, -0.05) is 23.2 Å². The van der Waals surface area contributed by atoms with Crippen molar-refractivity contribution >= 4 is 17.4 Å². The van der Waals surface area contributed by atoms with Gasteiger partial charge in [0.2, 0.25) is 0 Å². The predicted octanol–water partition coefficient (Wildman–Crippen LogP) is 2.74. The second-order valence-corrected chi connectivity index (χ2v) is 4.71. The number of hydrogen-bond acceptors (Lipinski definition) is 2. The van der Waals surface area contributed by atoms with E-state index in [9.17, 15) is 0 Å². The minimum absolute atomic E-state index is 0.0253. The molecule has 0 unspecified atom stereocenters. The number of nitrogen functional groups attached to an aromatic ring is 1. The quantitative estimate of drug-likeness (QED) is 0.645. The molecule has 0 fully saturated rings. The van der Waals surface area contributed by atoms with Crippen molar-refractivity contribution < 1.29 is 0 Å².